The van der Waals surface area contributed by atoms with Gasteiger partial charge in [0.25, 0.3) is 0 Å². The van der Waals surface area contributed by atoms with E-state index in [1.54, 1.807) is 17.5 Å². The molecule has 1 aliphatic carbocycles. The molecule has 1 saturated heterocycles. The molecule has 1 fully saturated rings. The minimum absolute atomic E-state index is 0.0928. The maximum absolute atomic E-state index is 13.1. The zero-order valence-corrected chi connectivity index (χ0v) is 19.1. The molecular weight excluding hydrogens is 414 g/mol. The largest absolute Gasteiger partial charge is 0.350 e. The zero-order chi connectivity index (χ0) is 21.8. The molecule has 4 nitrogen and oxygen atoms in total. The van der Waals surface area contributed by atoms with Gasteiger partial charge >= 0.3 is 0 Å². The van der Waals surface area contributed by atoms with Gasteiger partial charge in [-0.1, -0.05) is 42.5 Å². The summed E-state index contributed by atoms with van der Waals surface area (Å²) in [6, 6.07) is 16.7. The van der Waals surface area contributed by atoms with Crippen molar-refractivity contribution in [3.05, 3.63) is 93.9 Å². The molecule has 1 N–H and O–H groups in total. The number of carbonyl (C=O) groups excluding carboxylic acids is 1. The van der Waals surface area contributed by atoms with E-state index < -0.39 is 0 Å². The van der Waals surface area contributed by atoms with Gasteiger partial charge in [-0.25, -0.2) is 0 Å². The number of nitrogens with one attached hydrogen (secondary N) is 1. The van der Waals surface area contributed by atoms with E-state index >= 15 is 0 Å². The van der Waals surface area contributed by atoms with Crippen molar-refractivity contribution in [3.63, 3.8) is 0 Å². The van der Waals surface area contributed by atoms with Crippen LogP contribution in [0.15, 0.2) is 71.6 Å². The van der Waals surface area contributed by atoms with E-state index in [0.717, 1.165) is 50.2 Å². The number of thiophene rings is 1. The van der Waals surface area contributed by atoms with E-state index in [0.29, 0.717) is 6.54 Å². The number of rotatable bonds is 7. The SMILES string of the molecule is O=C(NCc1ccccn1)[C@@H](CCN1CCC2(C=Cc3ccccc32)CC1)c1ccsc1. The summed E-state index contributed by atoms with van der Waals surface area (Å²) in [5.74, 6) is -0.0249. The second-order valence-electron chi connectivity index (χ2n) is 8.86. The summed E-state index contributed by atoms with van der Waals surface area (Å²) in [5.41, 5.74) is 5.08. The summed E-state index contributed by atoms with van der Waals surface area (Å²) in [6.45, 7) is 3.56. The molecule has 1 aromatic carbocycles. The van der Waals surface area contributed by atoms with Gasteiger partial charge in [-0.15, -0.1) is 0 Å². The molecule has 1 atom stereocenters. The highest BCUT2D eigenvalue weighted by Crippen LogP contribution is 2.43. The minimum Gasteiger partial charge on any atom is -0.350 e. The van der Waals surface area contributed by atoms with Crippen molar-refractivity contribution in [2.75, 3.05) is 19.6 Å². The smallest absolute Gasteiger partial charge is 0.227 e. The average Bonchev–Trinajstić information content (AvgIpc) is 3.49. The van der Waals surface area contributed by atoms with Crippen LogP contribution >= 0.6 is 11.3 Å². The fraction of sp³-hybridized carbons (Fsp3) is 0.333. The minimum atomic E-state index is -0.118. The topological polar surface area (TPSA) is 45.2 Å². The van der Waals surface area contributed by atoms with E-state index in [9.17, 15) is 4.79 Å². The number of allylic oxidation sites excluding steroid dienone is 1. The van der Waals surface area contributed by atoms with Gasteiger partial charge in [0.1, 0.15) is 0 Å². The summed E-state index contributed by atoms with van der Waals surface area (Å²) >= 11 is 1.65. The normalized spacial score (nSPS) is 17.9. The van der Waals surface area contributed by atoms with Gasteiger partial charge in [0.05, 0.1) is 18.2 Å². The molecule has 3 heterocycles. The zero-order valence-electron chi connectivity index (χ0n) is 18.2. The lowest BCUT2D eigenvalue weighted by molar-refractivity contribution is -0.123. The molecule has 2 aliphatic rings. The molecule has 0 bridgehead atoms. The van der Waals surface area contributed by atoms with Crippen molar-refractivity contribution >= 4 is 23.3 Å². The van der Waals surface area contributed by atoms with Crippen molar-refractivity contribution in [1.82, 2.24) is 15.2 Å². The Morgan fingerprint density at radius 1 is 1.12 bits per heavy atom. The number of likely N-dealkylation sites (tertiary alicyclic amines) is 1. The Morgan fingerprint density at radius 2 is 1.97 bits per heavy atom. The highest BCUT2D eigenvalue weighted by molar-refractivity contribution is 7.08. The van der Waals surface area contributed by atoms with Crippen LogP contribution in [-0.4, -0.2) is 35.4 Å². The predicted octanol–water partition coefficient (Wildman–Crippen LogP) is 4.99. The highest BCUT2D eigenvalue weighted by atomic mass is 32.1. The lowest BCUT2D eigenvalue weighted by atomic mass is 9.74. The van der Waals surface area contributed by atoms with Crippen LogP contribution in [0.3, 0.4) is 0 Å². The molecule has 32 heavy (non-hydrogen) atoms. The highest BCUT2D eigenvalue weighted by Gasteiger charge is 2.37. The van der Waals surface area contributed by atoms with E-state index in [1.807, 2.05) is 18.2 Å². The Balaban J connectivity index is 1.19. The van der Waals surface area contributed by atoms with E-state index in [2.05, 4.69) is 68.4 Å². The van der Waals surface area contributed by atoms with E-state index in [-0.39, 0.29) is 17.2 Å². The van der Waals surface area contributed by atoms with Crippen LogP contribution in [0, 0.1) is 0 Å². The third kappa shape index (κ3) is 4.41. The Labute approximate surface area is 194 Å². The first-order chi connectivity index (χ1) is 15.7. The van der Waals surface area contributed by atoms with E-state index in [4.69, 9.17) is 0 Å². The first kappa shape index (κ1) is 21.1. The third-order valence-electron chi connectivity index (χ3n) is 6.99. The third-order valence-corrected chi connectivity index (χ3v) is 7.69. The Hall–Kier alpha value is -2.76. The van der Waals surface area contributed by atoms with Gasteiger partial charge < -0.3 is 10.2 Å². The van der Waals surface area contributed by atoms with Crippen molar-refractivity contribution in [2.45, 2.75) is 37.1 Å². The van der Waals surface area contributed by atoms with Crippen LogP contribution in [0.4, 0.5) is 0 Å². The lowest BCUT2D eigenvalue weighted by Gasteiger charge is -2.39. The van der Waals surface area contributed by atoms with Crippen molar-refractivity contribution < 1.29 is 4.79 Å². The van der Waals surface area contributed by atoms with Crippen molar-refractivity contribution in [3.8, 4) is 0 Å². The lowest BCUT2D eigenvalue weighted by Crippen LogP contribution is -2.42. The molecule has 1 spiro atoms. The number of aromatic nitrogens is 1. The summed E-state index contributed by atoms with van der Waals surface area (Å²) in [6.07, 6.45) is 9.62. The van der Waals surface area contributed by atoms with Gasteiger partial charge in [0, 0.05) is 11.6 Å². The Bertz CT molecular complexity index is 1070. The van der Waals surface area contributed by atoms with Crippen LogP contribution in [0.5, 0.6) is 0 Å². The number of piperidine rings is 1. The maximum Gasteiger partial charge on any atom is 0.227 e. The van der Waals surface area contributed by atoms with Crippen LogP contribution < -0.4 is 5.32 Å². The first-order valence-electron chi connectivity index (χ1n) is 11.4. The van der Waals surface area contributed by atoms with Crippen LogP contribution in [0.25, 0.3) is 6.08 Å². The summed E-state index contributed by atoms with van der Waals surface area (Å²) in [7, 11) is 0. The molecule has 3 aromatic rings. The van der Waals surface area contributed by atoms with Crippen LogP contribution in [0.2, 0.25) is 0 Å². The number of pyridine rings is 1. The molecule has 0 unspecified atom stereocenters. The Kier molecular flexibility index (Phi) is 6.19. The number of amides is 1. The number of hydrogen-bond acceptors (Lipinski definition) is 4. The molecule has 1 amide bonds. The maximum atomic E-state index is 13.1. The molecule has 5 heteroatoms. The number of benzene rings is 1. The van der Waals surface area contributed by atoms with Gasteiger partial charge in [-0.3, -0.25) is 9.78 Å². The van der Waals surface area contributed by atoms with Crippen LogP contribution in [-0.2, 0) is 16.8 Å². The fourth-order valence-corrected chi connectivity index (χ4v) is 5.80. The predicted molar refractivity (Wildman–Crippen MR) is 131 cm³/mol. The summed E-state index contributed by atoms with van der Waals surface area (Å²) in [5, 5.41) is 7.27. The number of carbonyl (C=O) groups is 1. The van der Waals surface area contributed by atoms with Crippen molar-refractivity contribution in [2.24, 2.45) is 0 Å². The van der Waals surface area contributed by atoms with Crippen molar-refractivity contribution in [1.29, 1.82) is 0 Å². The summed E-state index contributed by atoms with van der Waals surface area (Å²) < 4.78 is 0. The molecule has 1 aliphatic heterocycles. The number of fused-ring (bicyclic) bond motifs is 2. The average molecular weight is 444 g/mol. The fourth-order valence-electron chi connectivity index (χ4n) is 5.08. The molecule has 5 rings (SSSR count). The molecule has 0 radical (unpaired) electrons. The molecule has 0 saturated carbocycles. The first-order valence-corrected chi connectivity index (χ1v) is 12.4. The monoisotopic (exact) mass is 443 g/mol. The van der Waals surface area contributed by atoms with E-state index in [1.165, 1.54) is 11.1 Å². The second-order valence-corrected chi connectivity index (χ2v) is 9.64. The van der Waals surface area contributed by atoms with Crippen LogP contribution in [0.1, 0.15) is 47.6 Å². The quantitative estimate of drug-likeness (QED) is 0.559. The molecular formula is C27H29N3OS. The summed E-state index contributed by atoms with van der Waals surface area (Å²) in [4.78, 5) is 19.9. The number of nitrogens with zero attached hydrogens (tertiary/aromatic N) is 2. The molecule has 164 valence electrons. The van der Waals surface area contributed by atoms with Gasteiger partial charge in [-0.2, -0.15) is 11.3 Å². The standard InChI is InChI=1S/C27H29N3OS/c31-26(29-19-23-6-3-4-14-28-23)24(22-10-18-32-20-22)9-15-30-16-12-27(13-17-30)11-8-21-5-1-2-7-25(21)27/h1-8,10-11,14,18,20,24H,9,12-13,15-17,19H2,(H,29,31)/t24-/m0/s1. The second kappa shape index (κ2) is 9.39. The van der Waals surface area contributed by atoms with Gasteiger partial charge in [0.2, 0.25) is 5.91 Å². The number of hydrogen-bond donors (Lipinski definition) is 1. The van der Waals surface area contributed by atoms with Gasteiger partial charge in [-0.05, 0) is 84.5 Å². The molecule has 2 aromatic heterocycles. The Morgan fingerprint density at radius 3 is 2.75 bits per heavy atom. The van der Waals surface area contributed by atoms with Gasteiger partial charge in [0.15, 0.2) is 0 Å².